The molecule has 2 aliphatic heterocycles. The number of rotatable bonds is 6. The predicted octanol–water partition coefficient (Wildman–Crippen LogP) is 3.68. The van der Waals surface area contributed by atoms with Crippen molar-refractivity contribution in [3.05, 3.63) is 58.5 Å². The molecule has 1 fully saturated rings. The molecule has 0 saturated carbocycles. The van der Waals surface area contributed by atoms with Crippen molar-refractivity contribution in [2.75, 3.05) is 50.0 Å². The summed E-state index contributed by atoms with van der Waals surface area (Å²) >= 11 is 1.10. The number of morpholine rings is 1. The number of amides is 1. The van der Waals surface area contributed by atoms with Crippen LogP contribution in [0.3, 0.4) is 0 Å². The molecule has 1 saturated heterocycles. The molecule has 182 valence electrons. The van der Waals surface area contributed by atoms with Crippen LogP contribution in [0.15, 0.2) is 46.3 Å². The summed E-state index contributed by atoms with van der Waals surface area (Å²) < 4.78 is 34.4. The molecule has 1 aromatic heterocycles. The number of imidazole rings is 1. The normalized spacial score (nSPS) is 17.9. The van der Waals surface area contributed by atoms with Crippen LogP contribution in [0.4, 0.5) is 20.4 Å². The van der Waals surface area contributed by atoms with Crippen LogP contribution in [-0.4, -0.2) is 64.9 Å². The minimum atomic E-state index is -0.755. The fourth-order valence-corrected chi connectivity index (χ4v) is 4.75. The zero-order valence-electron chi connectivity index (χ0n) is 19.1. The molecule has 0 bridgehead atoms. The molecule has 1 amide bonds. The first-order valence-corrected chi connectivity index (χ1v) is 12.0. The Balaban J connectivity index is 1.26. The van der Waals surface area contributed by atoms with Crippen molar-refractivity contribution in [1.82, 2.24) is 14.5 Å². The minimum absolute atomic E-state index is 0.0525. The average molecular weight is 499 g/mol. The maximum Gasteiger partial charge on any atom is 0.286 e. The smallest absolute Gasteiger partial charge is 0.286 e. The number of fused-ring (bicyclic) bond motifs is 1. The molecule has 0 spiro atoms. The van der Waals surface area contributed by atoms with Crippen LogP contribution in [0.5, 0.6) is 0 Å². The van der Waals surface area contributed by atoms with Crippen molar-refractivity contribution in [3.8, 4) is 0 Å². The van der Waals surface area contributed by atoms with Gasteiger partial charge in [0.15, 0.2) is 5.17 Å². The van der Waals surface area contributed by atoms with Crippen LogP contribution < -0.4 is 10.6 Å². The summed E-state index contributed by atoms with van der Waals surface area (Å²) in [6.07, 6.45) is 1.74. The van der Waals surface area contributed by atoms with E-state index < -0.39 is 17.5 Å². The first kappa shape index (κ1) is 23.5. The highest BCUT2D eigenvalue weighted by Crippen LogP contribution is 2.31. The van der Waals surface area contributed by atoms with Crippen LogP contribution >= 0.6 is 11.8 Å². The molecule has 3 heterocycles. The van der Waals surface area contributed by atoms with E-state index in [-0.39, 0.29) is 10.9 Å². The molecule has 11 heteroatoms. The Hall–Kier alpha value is -3.28. The zero-order chi connectivity index (χ0) is 24.4. The van der Waals surface area contributed by atoms with E-state index in [1.54, 1.807) is 6.08 Å². The molecule has 0 unspecified atom stereocenters. The van der Waals surface area contributed by atoms with E-state index in [2.05, 4.69) is 25.5 Å². The number of aromatic nitrogens is 2. The third-order valence-electron chi connectivity index (χ3n) is 5.81. The van der Waals surface area contributed by atoms with Gasteiger partial charge >= 0.3 is 0 Å². The molecule has 8 nitrogen and oxygen atoms in total. The van der Waals surface area contributed by atoms with Gasteiger partial charge in [-0.1, -0.05) is 6.07 Å². The van der Waals surface area contributed by atoms with E-state index >= 15 is 0 Å². The Kier molecular flexibility index (Phi) is 6.80. The molecule has 2 N–H and O–H groups in total. The summed E-state index contributed by atoms with van der Waals surface area (Å²) in [7, 11) is 1.95. The number of aliphatic imine (C=N–C) groups is 1. The molecular weight excluding hydrogens is 474 g/mol. The Morgan fingerprint density at radius 1 is 1.17 bits per heavy atom. The van der Waals surface area contributed by atoms with Crippen molar-refractivity contribution in [1.29, 1.82) is 0 Å². The molecule has 35 heavy (non-hydrogen) atoms. The third kappa shape index (κ3) is 5.37. The summed E-state index contributed by atoms with van der Waals surface area (Å²) in [5.41, 5.74) is 2.65. The van der Waals surface area contributed by atoms with Gasteiger partial charge in [0.05, 0.1) is 34.8 Å². The van der Waals surface area contributed by atoms with Gasteiger partial charge in [-0.05, 0) is 47.7 Å². The number of anilines is 2. The summed E-state index contributed by atoms with van der Waals surface area (Å²) in [6.45, 7) is 5.13. The van der Waals surface area contributed by atoms with Gasteiger partial charge in [-0.3, -0.25) is 9.69 Å². The van der Waals surface area contributed by atoms with Crippen LogP contribution in [0.25, 0.3) is 17.1 Å². The number of nitrogens with one attached hydrogen (secondary N) is 2. The molecule has 2 aromatic carbocycles. The van der Waals surface area contributed by atoms with Crippen molar-refractivity contribution in [3.63, 3.8) is 0 Å². The number of halogens is 2. The second-order valence-corrected chi connectivity index (χ2v) is 9.24. The lowest BCUT2D eigenvalue weighted by atomic mass is 10.2. The lowest BCUT2D eigenvalue weighted by Gasteiger charge is -2.26. The maximum atomic E-state index is 13.9. The average Bonchev–Trinajstić information content (AvgIpc) is 3.35. The van der Waals surface area contributed by atoms with Gasteiger partial charge in [0.1, 0.15) is 11.6 Å². The number of hydrogen-bond acceptors (Lipinski definition) is 7. The highest BCUT2D eigenvalue weighted by Gasteiger charge is 2.23. The van der Waals surface area contributed by atoms with Crippen LogP contribution in [0.1, 0.15) is 5.56 Å². The quantitative estimate of drug-likeness (QED) is 0.502. The number of ether oxygens (including phenoxy) is 1. The molecule has 5 rings (SSSR count). The lowest BCUT2D eigenvalue weighted by Crippen LogP contribution is -2.39. The number of nitrogens with zero attached hydrogens (tertiary/aromatic N) is 4. The van der Waals surface area contributed by atoms with Crippen molar-refractivity contribution in [2.24, 2.45) is 12.0 Å². The van der Waals surface area contributed by atoms with Gasteiger partial charge in [0.2, 0.25) is 5.95 Å². The van der Waals surface area contributed by atoms with Crippen molar-refractivity contribution >= 4 is 51.6 Å². The fourth-order valence-electron chi connectivity index (χ4n) is 3.93. The Bertz CT molecular complexity index is 1330. The van der Waals surface area contributed by atoms with E-state index in [1.165, 1.54) is 6.07 Å². The molecule has 0 radical (unpaired) electrons. The van der Waals surface area contributed by atoms with Gasteiger partial charge in [-0.25, -0.2) is 13.8 Å². The zero-order valence-corrected chi connectivity index (χ0v) is 19.9. The second-order valence-electron chi connectivity index (χ2n) is 8.21. The molecular formula is C24H24F2N6O2S. The second kappa shape index (κ2) is 10.1. The summed E-state index contributed by atoms with van der Waals surface area (Å²) in [5, 5.41) is 6.38. The van der Waals surface area contributed by atoms with E-state index in [0.717, 1.165) is 85.8 Å². The SMILES string of the molecule is Cn1c(NCCN2CCOCC2)nc2ccc(C=C3SC(Nc4ccc(F)cc4F)=NC3=O)cc21. The number of benzene rings is 2. The minimum Gasteiger partial charge on any atom is -0.379 e. The molecule has 3 aromatic rings. The van der Waals surface area contributed by atoms with E-state index in [9.17, 15) is 13.6 Å². The fraction of sp³-hybridized carbons (Fsp3) is 0.292. The van der Waals surface area contributed by atoms with Gasteiger partial charge in [0, 0.05) is 39.3 Å². The highest BCUT2D eigenvalue weighted by molar-refractivity contribution is 8.18. The highest BCUT2D eigenvalue weighted by atomic mass is 32.2. The predicted molar refractivity (Wildman–Crippen MR) is 134 cm³/mol. The topological polar surface area (TPSA) is 83.8 Å². The Labute approximate surface area is 205 Å². The van der Waals surface area contributed by atoms with Gasteiger partial charge < -0.3 is 19.9 Å². The number of aryl methyl sites for hydroxylation is 1. The first-order chi connectivity index (χ1) is 17.0. The van der Waals surface area contributed by atoms with Gasteiger partial charge in [-0.15, -0.1) is 0 Å². The van der Waals surface area contributed by atoms with Crippen LogP contribution in [0.2, 0.25) is 0 Å². The molecule has 0 aliphatic carbocycles. The van der Waals surface area contributed by atoms with Crippen LogP contribution in [-0.2, 0) is 16.6 Å². The Morgan fingerprint density at radius 3 is 2.80 bits per heavy atom. The number of hydrogen-bond donors (Lipinski definition) is 2. The van der Waals surface area contributed by atoms with Crippen LogP contribution in [0, 0.1) is 11.6 Å². The first-order valence-electron chi connectivity index (χ1n) is 11.2. The monoisotopic (exact) mass is 498 g/mol. The number of thioether (sulfide) groups is 1. The standard InChI is InChI=1S/C24H24F2N6O2S/c1-31-20-12-15(2-4-19(20)28-23(31)27-6-7-32-8-10-34-11-9-32)13-21-22(33)30-24(35-21)29-18-5-3-16(25)14-17(18)26/h2-5,12-14H,6-11H2,1H3,(H,27,28)(H,29,30,33). The Morgan fingerprint density at radius 2 is 2.00 bits per heavy atom. The molecule has 0 atom stereocenters. The number of carbonyl (C=O) groups excluding carboxylic acids is 1. The third-order valence-corrected chi connectivity index (χ3v) is 6.71. The van der Waals surface area contributed by atoms with Crippen molar-refractivity contribution < 1.29 is 18.3 Å². The van der Waals surface area contributed by atoms with E-state index in [0.29, 0.717) is 4.91 Å². The molecule has 2 aliphatic rings. The summed E-state index contributed by atoms with van der Waals surface area (Å²) in [4.78, 5) is 23.8. The number of amidine groups is 1. The summed E-state index contributed by atoms with van der Waals surface area (Å²) in [6, 6.07) is 8.94. The maximum absolute atomic E-state index is 13.9. The van der Waals surface area contributed by atoms with E-state index in [1.807, 2.05) is 29.8 Å². The lowest BCUT2D eigenvalue weighted by molar-refractivity contribution is -0.113. The largest absolute Gasteiger partial charge is 0.379 e. The van der Waals surface area contributed by atoms with Gasteiger partial charge in [0.25, 0.3) is 5.91 Å². The van der Waals surface area contributed by atoms with E-state index in [4.69, 9.17) is 4.74 Å². The summed E-state index contributed by atoms with van der Waals surface area (Å²) in [5.74, 6) is -1.07. The van der Waals surface area contributed by atoms with Crippen molar-refractivity contribution in [2.45, 2.75) is 0 Å². The number of carbonyl (C=O) groups is 1. The van der Waals surface area contributed by atoms with Gasteiger partial charge in [-0.2, -0.15) is 4.99 Å².